The van der Waals surface area contributed by atoms with Crippen LogP contribution in [0.2, 0.25) is 0 Å². The Labute approximate surface area is 122 Å². The highest BCUT2D eigenvalue weighted by Crippen LogP contribution is 2.29. The number of hydrogen-bond acceptors (Lipinski definition) is 5. The fourth-order valence-corrected chi connectivity index (χ4v) is 2.80. The Morgan fingerprint density at radius 1 is 1.35 bits per heavy atom. The first-order chi connectivity index (χ1) is 9.51. The van der Waals surface area contributed by atoms with Gasteiger partial charge in [0.2, 0.25) is 0 Å². The van der Waals surface area contributed by atoms with Gasteiger partial charge in [0, 0.05) is 9.75 Å². The Morgan fingerprint density at radius 3 is 2.70 bits per heavy atom. The summed E-state index contributed by atoms with van der Waals surface area (Å²) in [6, 6.07) is 9.40. The average molecular weight is 290 g/mol. The number of hydrogen-bond donors (Lipinski definition) is 2. The van der Waals surface area contributed by atoms with Gasteiger partial charge in [-0.3, -0.25) is 0 Å². The normalized spacial score (nSPS) is 11.9. The molecule has 1 aromatic heterocycles. The maximum absolute atomic E-state index is 11.5. The summed E-state index contributed by atoms with van der Waals surface area (Å²) in [6.07, 6.45) is 0. The Kier molecular flexibility index (Phi) is 4.29. The summed E-state index contributed by atoms with van der Waals surface area (Å²) < 4.78 is 4.72. The van der Waals surface area contributed by atoms with Gasteiger partial charge in [0.25, 0.3) is 0 Å². The van der Waals surface area contributed by atoms with Gasteiger partial charge in [0.1, 0.15) is 0 Å². The second-order valence-corrected chi connectivity index (χ2v) is 5.93. The number of benzene rings is 1. The zero-order valence-corrected chi connectivity index (χ0v) is 12.6. The monoisotopic (exact) mass is 290 g/mol. The number of nitrogens with one attached hydrogen (secondary N) is 1. The number of ether oxygens (including phenoxy) is 1. The smallest absolute Gasteiger partial charge is 0.337 e. The van der Waals surface area contributed by atoms with E-state index in [1.807, 2.05) is 0 Å². The highest BCUT2D eigenvalue weighted by Gasteiger charge is 2.12. The lowest BCUT2D eigenvalue weighted by molar-refractivity contribution is 0.0601. The van der Waals surface area contributed by atoms with Crippen LogP contribution in [0, 0.1) is 6.92 Å². The lowest BCUT2D eigenvalue weighted by Crippen LogP contribution is -2.09. The summed E-state index contributed by atoms with van der Waals surface area (Å²) in [5, 5.41) is 3.34. The molecule has 1 unspecified atom stereocenters. The van der Waals surface area contributed by atoms with Crippen molar-refractivity contribution in [2.24, 2.45) is 0 Å². The molecule has 4 nitrogen and oxygen atoms in total. The molecule has 106 valence electrons. The Balaban J connectivity index is 2.22. The number of anilines is 2. The predicted molar refractivity (Wildman–Crippen MR) is 83.3 cm³/mol. The quantitative estimate of drug-likeness (QED) is 0.667. The number of rotatable bonds is 4. The van der Waals surface area contributed by atoms with E-state index in [0.717, 1.165) is 5.69 Å². The van der Waals surface area contributed by atoms with Crippen LogP contribution < -0.4 is 11.1 Å². The van der Waals surface area contributed by atoms with E-state index in [1.54, 1.807) is 29.5 Å². The topological polar surface area (TPSA) is 64.3 Å². The molecule has 0 radical (unpaired) electrons. The van der Waals surface area contributed by atoms with Crippen molar-refractivity contribution in [3.63, 3.8) is 0 Å². The molecule has 2 aromatic rings. The van der Waals surface area contributed by atoms with Crippen molar-refractivity contribution in [3.8, 4) is 0 Å². The number of nitrogens with two attached hydrogens (primary N) is 1. The molecule has 0 amide bonds. The minimum atomic E-state index is -0.368. The van der Waals surface area contributed by atoms with Crippen molar-refractivity contribution >= 4 is 28.7 Å². The summed E-state index contributed by atoms with van der Waals surface area (Å²) in [4.78, 5) is 14.0. The van der Waals surface area contributed by atoms with E-state index in [2.05, 4.69) is 31.3 Å². The highest BCUT2D eigenvalue weighted by atomic mass is 32.1. The zero-order chi connectivity index (χ0) is 14.7. The maximum Gasteiger partial charge on any atom is 0.337 e. The number of thiophene rings is 1. The van der Waals surface area contributed by atoms with E-state index in [-0.39, 0.29) is 12.0 Å². The molecular weight excluding hydrogens is 272 g/mol. The average Bonchev–Trinajstić information content (AvgIpc) is 2.87. The summed E-state index contributed by atoms with van der Waals surface area (Å²) in [6.45, 7) is 4.14. The molecule has 0 spiro atoms. The minimum Gasteiger partial charge on any atom is -0.465 e. The van der Waals surface area contributed by atoms with E-state index in [4.69, 9.17) is 10.5 Å². The standard InChI is InChI=1S/C15H18N2O2S/c1-9-4-7-14(20-9)10(2)17-13-8-11(15(18)19-3)5-6-12(13)16/h4-8,10,17H,16H2,1-3H3. The van der Waals surface area contributed by atoms with Crippen molar-refractivity contribution in [3.05, 3.63) is 45.6 Å². The van der Waals surface area contributed by atoms with Crippen LogP contribution >= 0.6 is 11.3 Å². The van der Waals surface area contributed by atoms with Crippen molar-refractivity contribution in [1.29, 1.82) is 0 Å². The van der Waals surface area contributed by atoms with Crippen molar-refractivity contribution in [2.45, 2.75) is 19.9 Å². The van der Waals surface area contributed by atoms with Crippen molar-refractivity contribution < 1.29 is 9.53 Å². The van der Waals surface area contributed by atoms with Crippen LogP contribution in [0.3, 0.4) is 0 Å². The predicted octanol–water partition coefficient (Wildman–Crippen LogP) is 3.60. The number of carbonyl (C=O) groups is 1. The minimum absolute atomic E-state index is 0.129. The number of nitrogen functional groups attached to an aromatic ring is 1. The molecule has 2 rings (SSSR count). The number of esters is 1. The third kappa shape index (κ3) is 3.11. The third-order valence-corrected chi connectivity index (χ3v) is 4.22. The largest absolute Gasteiger partial charge is 0.465 e. The van der Waals surface area contributed by atoms with Crippen LogP contribution in [0.4, 0.5) is 11.4 Å². The van der Waals surface area contributed by atoms with Gasteiger partial charge in [-0.25, -0.2) is 4.79 Å². The molecule has 1 heterocycles. The molecular formula is C15H18N2O2S. The van der Waals surface area contributed by atoms with Gasteiger partial charge in [-0.1, -0.05) is 0 Å². The van der Waals surface area contributed by atoms with E-state index in [0.29, 0.717) is 11.3 Å². The summed E-state index contributed by atoms with van der Waals surface area (Å²) in [5.74, 6) is -0.368. The van der Waals surface area contributed by atoms with Gasteiger partial charge in [0.15, 0.2) is 0 Å². The van der Waals surface area contributed by atoms with Crippen LogP contribution in [0.5, 0.6) is 0 Å². The van der Waals surface area contributed by atoms with Gasteiger partial charge < -0.3 is 15.8 Å². The van der Waals surface area contributed by atoms with Gasteiger partial charge in [0.05, 0.1) is 30.1 Å². The van der Waals surface area contributed by atoms with Gasteiger partial charge in [-0.05, 0) is 44.2 Å². The second-order valence-electron chi connectivity index (χ2n) is 4.61. The van der Waals surface area contributed by atoms with Crippen LogP contribution in [-0.4, -0.2) is 13.1 Å². The van der Waals surface area contributed by atoms with Crippen LogP contribution in [0.25, 0.3) is 0 Å². The number of methoxy groups -OCH3 is 1. The van der Waals surface area contributed by atoms with E-state index in [9.17, 15) is 4.79 Å². The molecule has 0 aliphatic carbocycles. The fraction of sp³-hybridized carbons (Fsp3) is 0.267. The Morgan fingerprint density at radius 2 is 2.10 bits per heavy atom. The molecule has 0 fully saturated rings. The molecule has 3 N–H and O–H groups in total. The number of carbonyl (C=O) groups excluding carboxylic acids is 1. The van der Waals surface area contributed by atoms with Crippen molar-refractivity contribution in [1.82, 2.24) is 0 Å². The third-order valence-electron chi connectivity index (χ3n) is 3.03. The van der Waals surface area contributed by atoms with Gasteiger partial charge in [-0.15, -0.1) is 11.3 Å². The highest BCUT2D eigenvalue weighted by molar-refractivity contribution is 7.12. The molecule has 0 aliphatic rings. The fourth-order valence-electron chi connectivity index (χ4n) is 1.92. The van der Waals surface area contributed by atoms with Crippen LogP contribution in [0.1, 0.15) is 33.1 Å². The van der Waals surface area contributed by atoms with E-state index in [1.165, 1.54) is 16.9 Å². The first kappa shape index (κ1) is 14.4. The summed E-state index contributed by atoms with van der Waals surface area (Å²) in [7, 11) is 1.36. The van der Waals surface area contributed by atoms with E-state index < -0.39 is 0 Å². The zero-order valence-electron chi connectivity index (χ0n) is 11.8. The molecule has 1 atom stereocenters. The summed E-state index contributed by atoms with van der Waals surface area (Å²) in [5.41, 5.74) is 7.79. The Hall–Kier alpha value is -2.01. The summed E-state index contributed by atoms with van der Waals surface area (Å²) >= 11 is 1.74. The van der Waals surface area contributed by atoms with Crippen LogP contribution in [-0.2, 0) is 4.74 Å². The number of aryl methyl sites for hydroxylation is 1. The van der Waals surface area contributed by atoms with Crippen LogP contribution in [0.15, 0.2) is 30.3 Å². The Bertz CT molecular complexity index is 622. The molecule has 0 saturated heterocycles. The van der Waals surface area contributed by atoms with Gasteiger partial charge in [-0.2, -0.15) is 0 Å². The molecule has 0 saturated carbocycles. The molecule has 0 aliphatic heterocycles. The first-order valence-corrected chi connectivity index (χ1v) is 7.13. The molecule has 0 bridgehead atoms. The maximum atomic E-state index is 11.5. The molecule has 5 heteroatoms. The SMILES string of the molecule is COC(=O)c1ccc(N)c(NC(C)c2ccc(C)s2)c1. The lowest BCUT2D eigenvalue weighted by atomic mass is 10.1. The first-order valence-electron chi connectivity index (χ1n) is 6.32. The molecule has 1 aromatic carbocycles. The molecule has 20 heavy (non-hydrogen) atoms. The van der Waals surface area contributed by atoms with Gasteiger partial charge >= 0.3 is 5.97 Å². The van der Waals surface area contributed by atoms with Crippen molar-refractivity contribution in [2.75, 3.05) is 18.2 Å². The van der Waals surface area contributed by atoms with E-state index >= 15 is 0 Å². The second kappa shape index (κ2) is 5.96. The lowest BCUT2D eigenvalue weighted by Gasteiger charge is -2.16.